The van der Waals surface area contributed by atoms with Crippen molar-refractivity contribution in [1.82, 2.24) is 25.2 Å². The van der Waals surface area contributed by atoms with Gasteiger partial charge in [-0.1, -0.05) is 18.2 Å². The van der Waals surface area contributed by atoms with Crippen molar-refractivity contribution >= 4 is 38.2 Å². The first-order chi connectivity index (χ1) is 20.4. The van der Waals surface area contributed by atoms with E-state index in [-0.39, 0.29) is 47.2 Å². The lowest BCUT2D eigenvalue weighted by Gasteiger charge is -2.39. The third-order valence-electron chi connectivity index (χ3n) is 7.36. The van der Waals surface area contributed by atoms with Gasteiger partial charge in [-0.2, -0.15) is 0 Å². The zero-order valence-electron chi connectivity index (χ0n) is 24.1. The van der Waals surface area contributed by atoms with E-state index in [4.69, 9.17) is 10.5 Å². The molecule has 2 aromatic heterocycles. The summed E-state index contributed by atoms with van der Waals surface area (Å²) in [5, 5.41) is 6.95. The van der Waals surface area contributed by atoms with Crippen molar-refractivity contribution in [3.63, 3.8) is 0 Å². The number of hydrogen-bond acceptors (Lipinski definition) is 9. The third-order valence-corrected chi connectivity index (χ3v) is 8.48. The number of nitrogens with one attached hydrogen (secondary N) is 3. The van der Waals surface area contributed by atoms with Gasteiger partial charge in [0, 0.05) is 55.7 Å². The second-order valence-corrected chi connectivity index (χ2v) is 12.8. The number of hydrogen-bond donors (Lipinski definition) is 4. The highest BCUT2D eigenvalue weighted by Gasteiger charge is 2.32. The number of aromatic amines is 1. The molecule has 0 bridgehead atoms. The average molecular weight is 614 g/mol. The maximum absolute atomic E-state index is 15.4. The van der Waals surface area contributed by atoms with Gasteiger partial charge in [0.2, 0.25) is 5.91 Å². The number of carbonyl (C=O) groups is 1. The molecule has 5 rings (SSSR count). The lowest BCUT2D eigenvalue weighted by molar-refractivity contribution is -0.124. The zero-order valence-corrected chi connectivity index (χ0v) is 24.9. The quantitative estimate of drug-likeness (QED) is 0.235. The van der Waals surface area contributed by atoms with Crippen molar-refractivity contribution in [3.05, 3.63) is 54.2 Å². The monoisotopic (exact) mass is 613 g/mol. The summed E-state index contributed by atoms with van der Waals surface area (Å²) in [6, 6.07) is 8.75. The number of benzene rings is 2. The molecule has 2 aromatic carbocycles. The molecule has 1 aliphatic rings. The summed E-state index contributed by atoms with van der Waals surface area (Å²) < 4.78 is 60.1. The fourth-order valence-corrected chi connectivity index (χ4v) is 6.29. The summed E-state index contributed by atoms with van der Waals surface area (Å²) in [7, 11) is -2.34. The van der Waals surface area contributed by atoms with Gasteiger partial charge in [-0.05, 0) is 32.0 Å². The molecule has 0 radical (unpaired) electrons. The largest absolute Gasteiger partial charge is 0.383 e. The van der Waals surface area contributed by atoms with Crippen LogP contribution in [0.3, 0.4) is 0 Å². The Labute approximate surface area is 247 Å². The minimum Gasteiger partial charge on any atom is -0.383 e. The number of nitrogen functional groups attached to an aromatic ring is 1. The van der Waals surface area contributed by atoms with Gasteiger partial charge in [0.25, 0.3) is 0 Å². The minimum atomic E-state index is -3.89. The van der Waals surface area contributed by atoms with Gasteiger partial charge in [-0.3, -0.25) is 9.69 Å². The summed E-state index contributed by atoms with van der Waals surface area (Å²) in [6.45, 7) is 5.67. The van der Waals surface area contributed by atoms with E-state index in [2.05, 4.69) is 44.3 Å². The number of H-pyrrole nitrogens is 1. The Morgan fingerprint density at radius 3 is 2.49 bits per heavy atom. The summed E-state index contributed by atoms with van der Waals surface area (Å²) in [5.41, 5.74) is 6.66. The van der Waals surface area contributed by atoms with Gasteiger partial charge >= 0.3 is 0 Å². The lowest BCUT2D eigenvalue weighted by Crippen LogP contribution is -2.60. The topological polar surface area (TPSA) is 155 Å². The van der Waals surface area contributed by atoms with Gasteiger partial charge in [0.05, 0.1) is 23.4 Å². The van der Waals surface area contributed by atoms with Crippen LogP contribution in [0, 0.1) is 11.6 Å². The fraction of sp³-hybridized carbons (Fsp3) is 0.345. The Balaban J connectivity index is 1.52. The van der Waals surface area contributed by atoms with E-state index in [0.717, 1.165) is 12.3 Å². The number of aromatic nitrogens is 3. The molecule has 0 aliphatic carbocycles. The maximum atomic E-state index is 15.4. The number of halogens is 2. The van der Waals surface area contributed by atoms with Crippen molar-refractivity contribution in [2.45, 2.75) is 36.9 Å². The molecule has 11 nitrogen and oxygen atoms in total. The van der Waals surface area contributed by atoms with Crippen molar-refractivity contribution in [1.29, 1.82) is 0 Å². The number of para-hydroxylation sites is 1. The van der Waals surface area contributed by atoms with E-state index in [1.807, 2.05) is 0 Å². The van der Waals surface area contributed by atoms with Crippen LogP contribution in [0.1, 0.15) is 13.8 Å². The lowest BCUT2D eigenvalue weighted by atomic mass is 10.1. The molecule has 0 spiro atoms. The molecule has 4 aromatic rings. The van der Waals surface area contributed by atoms with Crippen LogP contribution in [0.4, 0.5) is 20.3 Å². The SMILES string of the molecule is COC[C@@H](C(=O)Nc1cccc2c(-c3nc(-c4cccc(S(C)(=O)=O)c4F)nc(N)c3F)c[nH]c12)N1C[C@@H](C)N[C@H](C)C1. The molecule has 228 valence electrons. The molecule has 5 N–H and O–H groups in total. The smallest absolute Gasteiger partial charge is 0.244 e. The maximum Gasteiger partial charge on any atom is 0.244 e. The molecule has 1 aliphatic heterocycles. The third kappa shape index (κ3) is 6.09. The van der Waals surface area contributed by atoms with Crippen LogP contribution in [-0.4, -0.2) is 85.4 Å². The number of carbonyl (C=O) groups excluding carboxylic acids is 1. The van der Waals surface area contributed by atoms with E-state index < -0.39 is 38.2 Å². The Hall–Kier alpha value is -3.98. The Morgan fingerprint density at radius 2 is 1.81 bits per heavy atom. The van der Waals surface area contributed by atoms with Gasteiger partial charge in [0.15, 0.2) is 33.1 Å². The van der Waals surface area contributed by atoms with Crippen LogP contribution < -0.4 is 16.4 Å². The molecule has 3 atom stereocenters. The number of rotatable bonds is 8. The minimum absolute atomic E-state index is 0.197. The first-order valence-corrected chi connectivity index (χ1v) is 15.5. The number of amides is 1. The zero-order chi connectivity index (χ0) is 31.1. The van der Waals surface area contributed by atoms with Crippen LogP contribution in [0.15, 0.2) is 47.5 Å². The number of piperazine rings is 1. The van der Waals surface area contributed by atoms with Crippen LogP contribution >= 0.6 is 0 Å². The summed E-state index contributed by atoms with van der Waals surface area (Å²) in [4.78, 5) is 26.3. The fourth-order valence-electron chi connectivity index (χ4n) is 5.53. The number of methoxy groups -OCH3 is 1. The van der Waals surface area contributed by atoms with Crippen LogP contribution in [0.5, 0.6) is 0 Å². The van der Waals surface area contributed by atoms with E-state index >= 15 is 8.78 Å². The van der Waals surface area contributed by atoms with Crippen LogP contribution in [-0.2, 0) is 19.4 Å². The van der Waals surface area contributed by atoms with E-state index in [0.29, 0.717) is 29.7 Å². The second kappa shape index (κ2) is 12.0. The molecule has 1 fully saturated rings. The van der Waals surface area contributed by atoms with Crippen molar-refractivity contribution in [2.24, 2.45) is 0 Å². The molecule has 0 saturated carbocycles. The average Bonchev–Trinajstić information content (AvgIpc) is 3.37. The Morgan fingerprint density at radius 1 is 1.12 bits per heavy atom. The van der Waals surface area contributed by atoms with E-state index in [1.165, 1.54) is 18.3 Å². The first-order valence-electron chi connectivity index (χ1n) is 13.6. The molecule has 1 amide bonds. The number of sulfone groups is 1. The van der Waals surface area contributed by atoms with Crippen LogP contribution in [0.25, 0.3) is 33.5 Å². The highest BCUT2D eigenvalue weighted by Crippen LogP contribution is 2.36. The van der Waals surface area contributed by atoms with Gasteiger partial charge < -0.3 is 26.1 Å². The molecular formula is C29H33F2N7O4S. The summed E-state index contributed by atoms with van der Waals surface area (Å²) in [6.07, 6.45) is 2.38. The molecule has 43 heavy (non-hydrogen) atoms. The number of ether oxygens (including phenoxy) is 1. The molecule has 0 unspecified atom stereocenters. The number of fused-ring (bicyclic) bond motifs is 1. The van der Waals surface area contributed by atoms with Crippen molar-refractivity contribution in [2.75, 3.05) is 44.1 Å². The van der Waals surface area contributed by atoms with Crippen molar-refractivity contribution < 1.29 is 26.7 Å². The van der Waals surface area contributed by atoms with E-state index in [9.17, 15) is 13.2 Å². The molecule has 1 saturated heterocycles. The van der Waals surface area contributed by atoms with Crippen LogP contribution in [0.2, 0.25) is 0 Å². The van der Waals surface area contributed by atoms with Gasteiger partial charge in [-0.15, -0.1) is 0 Å². The number of anilines is 2. The molecular weight excluding hydrogens is 580 g/mol. The van der Waals surface area contributed by atoms with Gasteiger partial charge in [-0.25, -0.2) is 27.2 Å². The van der Waals surface area contributed by atoms with E-state index in [1.54, 1.807) is 25.3 Å². The predicted octanol–water partition coefficient (Wildman–Crippen LogP) is 3.19. The predicted molar refractivity (Wildman–Crippen MR) is 160 cm³/mol. The molecule has 3 heterocycles. The second-order valence-electron chi connectivity index (χ2n) is 10.8. The first kappa shape index (κ1) is 30.5. The highest BCUT2D eigenvalue weighted by molar-refractivity contribution is 7.90. The Bertz CT molecular complexity index is 1790. The summed E-state index contributed by atoms with van der Waals surface area (Å²) in [5.74, 6) is -3.07. The Kier molecular flexibility index (Phi) is 8.47. The normalized spacial score (nSPS) is 18.6. The highest BCUT2D eigenvalue weighted by atomic mass is 32.2. The van der Waals surface area contributed by atoms with Gasteiger partial charge in [0.1, 0.15) is 16.6 Å². The molecule has 14 heteroatoms. The standard InChI is InChI=1S/C29H33F2N7O4S/c1-15-12-38(13-16(2)34-15)21(14-42-3)29(39)35-20-9-5-7-17-19(11-33-25(17)20)26-24(31)27(32)37-28(36-26)18-8-6-10-22(23(18)30)43(4,40)41/h5-11,15-16,21,33-34H,12-14H2,1-4H3,(H,35,39)(H2,32,36,37)/t15-,16-,21+/m1/s1. The van der Waals surface area contributed by atoms with Crippen molar-refractivity contribution in [3.8, 4) is 22.6 Å². The summed E-state index contributed by atoms with van der Waals surface area (Å²) >= 11 is 0. The number of nitrogens with zero attached hydrogens (tertiary/aromatic N) is 3. The number of nitrogens with two attached hydrogens (primary N) is 1.